The van der Waals surface area contributed by atoms with Crippen molar-refractivity contribution in [3.63, 3.8) is 0 Å². The van der Waals surface area contributed by atoms with Gasteiger partial charge < -0.3 is 0 Å². The number of nitrogens with zero attached hydrogens (tertiary/aromatic N) is 1. The quantitative estimate of drug-likeness (QED) is 0.782. The standard InChI is InChI=1S/C9H14BrNO2S2/c1-8(6-9-4-3-5-14-9)11(2)15(12,13)7-10/h3-5,8H,6-7H2,1-2H3. The lowest BCUT2D eigenvalue weighted by Gasteiger charge is -2.22. The maximum Gasteiger partial charge on any atom is 0.224 e. The minimum atomic E-state index is -3.15. The van der Waals surface area contributed by atoms with Crippen LogP contribution in [0.4, 0.5) is 0 Å². The fourth-order valence-electron chi connectivity index (χ4n) is 1.20. The Balaban J connectivity index is 2.65. The highest BCUT2D eigenvalue weighted by Crippen LogP contribution is 2.16. The van der Waals surface area contributed by atoms with Crippen molar-refractivity contribution in [2.45, 2.75) is 19.4 Å². The molecule has 0 aliphatic heterocycles. The first kappa shape index (κ1) is 13.2. The molecule has 1 heterocycles. The Kier molecular flexibility index (Phi) is 4.76. The summed E-state index contributed by atoms with van der Waals surface area (Å²) >= 11 is 4.64. The van der Waals surface area contributed by atoms with Gasteiger partial charge in [-0.1, -0.05) is 22.0 Å². The summed E-state index contributed by atoms with van der Waals surface area (Å²) in [7, 11) is -1.53. The molecule has 0 radical (unpaired) electrons. The average molecular weight is 312 g/mol. The van der Waals surface area contributed by atoms with Gasteiger partial charge in [-0.05, 0) is 24.8 Å². The fourth-order valence-corrected chi connectivity index (χ4v) is 3.77. The van der Waals surface area contributed by atoms with E-state index in [4.69, 9.17) is 0 Å². The minimum Gasteiger partial charge on any atom is -0.211 e. The van der Waals surface area contributed by atoms with Crippen LogP contribution in [0.25, 0.3) is 0 Å². The molecule has 0 aromatic carbocycles. The van der Waals surface area contributed by atoms with E-state index in [0.29, 0.717) is 0 Å². The van der Waals surface area contributed by atoms with Gasteiger partial charge >= 0.3 is 0 Å². The maximum absolute atomic E-state index is 11.6. The topological polar surface area (TPSA) is 37.4 Å². The normalized spacial score (nSPS) is 14.4. The number of halogens is 1. The zero-order chi connectivity index (χ0) is 11.5. The summed E-state index contributed by atoms with van der Waals surface area (Å²) in [5, 5.41) is 2.00. The molecule has 1 rings (SSSR count). The van der Waals surface area contributed by atoms with Gasteiger partial charge in [-0.15, -0.1) is 11.3 Å². The van der Waals surface area contributed by atoms with Crippen LogP contribution in [0, 0.1) is 0 Å². The van der Waals surface area contributed by atoms with Gasteiger partial charge in [-0.2, -0.15) is 0 Å². The highest BCUT2D eigenvalue weighted by atomic mass is 79.9. The first-order valence-electron chi connectivity index (χ1n) is 4.51. The number of sulfonamides is 1. The molecule has 0 saturated carbocycles. The van der Waals surface area contributed by atoms with Crippen LogP contribution in [-0.4, -0.2) is 30.5 Å². The molecule has 6 heteroatoms. The van der Waals surface area contributed by atoms with E-state index in [9.17, 15) is 8.42 Å². The molecule has 0 N–H and O–H groups in total. The van der Waals surface area contributed by atoms with Crippen molar-refractivity contribution in [2.24, 2.45) is 0 Å². The Morgan fingerprint density at radius 1 is 1.60 bits per heavy atom. The van der Waals surface area contributed by atoms with Crippen LogP contribution in [0.15, 0.2) is 17.5 Å². The Morgan fingerprint density at radius 2 is 2.27 bits per heavy atom. The maximum atomic E-state index is 11.6. The molecule has 1 unspecified atom stereocenters. The summed E-state index contributed by atoms with van der Waals surface area (Å²) in [6, 6.07) is 3.99. The fraction of sp³-hybridized carbons (Fsp3) is 0.556. The summed E-state index contributed by atoms with van der Waals surface area (Å²) in [5.74, 6) is 0. The predicted octanol–water partition coefficient (Wildman–Crippen LogP) is 2.29. The van der Waals surface area contributed by atoms with Crippen LogP contribution in [-0.2, 0) is 16.4 Å². The third-order valence-corrected chi connectivity index (χ3v) is 6.42. The first-order valence-corrected chi connectivity index (χ1v) is 8.12. The van der Waals surface area contributed by atoms with E-state index in [-0.39, 0.29) is 10.7 Å². The van der Waals surface area contributed by atoms with Crippen molar-refractivity contribution in [1.29, 1.82) is 0 Å². The van der Waals surface area contributed by atoms with Gasteiger partial charge in [-0.3, -0.25) is 0 Å². The number of thiophene rings is 1. The van der Waals surface area contributed by atoms with Crippen molar-refractivity contribution < 1.29 is 8.42 Å². The Bertz CT molecular complexity index is 388. The molecular weight excluding hydrogens is 298 g/mol. The van der Waals surface area contributed by atoms with Crippen LogP contribution in [0.1, 0.15) is 11.8 Å². The third-order valence-electron chi connectivity index (χ3n) is 2.27. The summed E-state index contributed by atoms with van der Waals surface area (Å²) in [4.78, 5) is 1.21. The second kappa shape index (κ2) is 5.43. The minimum absolute atomic E-state index is 0.00815. The lowest BCUT2D eigenvalue weighted by atomic mass is 10.2. The molecule has 86 valence electrons. The summed E-state index contributed by atoms with van der Waals surface area (Å²) in [6.45, 7) is 1.92. The van der Waals surface area contributed by atoms with Crippen molar-refractivity contribution in [3.8, 4) is 0 Å². The average Bonchev–Trinajstić information content (AvgIpc) is 2.69. The zero-order valence-electron chi connectivity index (χ0n) is 8.68. The Hall–Kier alpha value is 0.0900. The monoisotopic (exact) mass is 311 g/mol. The van der Waals surface area contributed by atoms with Gasteiger partial charge in [0.2, 0.25) is 10.0 Å². The number of alkyl halides is 1. The highest BCUT2D eigenvalue weighted by molar-refractivity contribution is 9.10. The molecule has 0 saturated heterocycles. The molecule has 0 aliphatic carbocycles. The van der Waals surface area contributed by atoms with Crippen molar-refractivity contribution in [1.82, 2.24) is 4.31 Å². The van der Waals surface area contributed by atoms with E-state index >= 15 is 0 Å². The van der Waals surface area contributed by atoms with Crippen molar-refractivity contribution in [2.75, 3.05) is 11.7 Å². The van der Waals surface area contributed by atoms with E-state index in [2.05, 4.69) is 15.9 Å². The van der Waals surface area contributed by atoms with Crippen molar-refractivity contribution in [3.05, 3.63) is 22.4 Å². The van der Waals surface area contributed by atoms with Crippen LogP contribution in [0.3, 0.4) is 0 Å². The van der Waals surface area contributed by atoms with Crippen LogP contribution in [0.5, 0.6) is 0 Å². The van der Waals surface area contributed by atoms with Gasteiger partial charge in [-0.25, -0.2) is 12.7 Å². The van der Waals surface area contributed by atoms with Crippen LogP contribution >= 0.6 is 27.3 Å². The lowest BCUT2D eigenvalue weighted by Crippen LogP contribution is -2.36. The largest absolute Gasteiger partial charge is 0.224 e. The smallest absolute Gasteiger partial charge is 0.211 e. The molecule has 0 spiro atoms. The predicted molar refractivity (Wildman–Crippen MR) is 68.0 cm³/mol. The molecule has 0 amide bonds. The van der Waals surface area contributed by atoms with Crippen LogP contribution < -0.4 is 0 Å². The summed E-state index contributed by atoms with van der Waals surface area (Å²) in [6.07, 6.45) is 0.764. The molecule has 3 nitrogen and oxygen atoms in total. The summed E-state index contributed by atoms with van der Waals surface area (Å²) in [5.41, 5.74) is 0. The number of likely N-dealkylation sites (N-methyl/N-ethyl adjacent to an activating group) is 1. The zero-order valence-corrected chi connectivity index (χ0v) is 11.9. The van der Waals surface area contributed by atoms with E-state index in [1.54, 1.807) is 18.4 Å². The SMILES string of the molecule is CC(Cc1cccs1)N(C)S(=O)(=O)CBr. The van der Waals surface area contributed by atoms with E-state index < -0.39 is 10.0 Å². The van der Waals surface area contributed by atoms with Gasteiger partial charge in [0, 0.05) is 18.0 Å². The van der Waals surface area contributed by atoms with E-state index in [1.165, 1.54) is 9.18 Å². The summed E-state index contributed by atoms with van der Waals surface area (Å²) < 4.78 is 24.5. The van der Waals surface area contributed by atoms with Gasteiger partial charge in [0.25, 0.3) is 0 Å². The second-order valence-electron chi connectivity index (χ2n) is 3.37. The first-order chi connectivity index (χ1) is 6.97. The molecule has 1 atom stereocenters. The molecule has 1 aromatic heterocycles. The molecule has 0 fully saturated rings. The Morgan fingerprint density at radius 3 is 2.73 bits per heavy atom. The van der Waals surface area contributed by atoms with E-state index in [1.807, 2.05) is 24.4 Å². The molecule has 15 heavy (non-hydrogen) atoms. The third kappa shape index (κ3) is 3.55. The number of hydrogen-bond donors (Lipinski definition) is 0. The number of rotatable bonds is 5. The molecule has 1 aromatic rings. The molecule has 0 aliphatic rings. The molecular formula is C9H14BrNO2S2. The second-order valence-corrected chi connectivity index (χ2v) is 7.73. The number of hydrogen-bond acceptors (Lipinski definition) is 3. The van der Waals surface area contributed by atoms with Gasteiger partial charge in [0.15, 0.2) is 0 Å². The lowest BCUT2D eigenvalue weighted by molar-refractivity contribution is 0.391. The molecule has 0 bridgehead atoms. The van der Waals surface area contributed by atoms with E-state index in [0.717, 1.165) is 6.42 Å². The van der Waals surface area contributed by atoms with Crippen molar-refractivity contribution >= 4 is 37.3 Å². The Labute approximate surface area is 103 Å². The van der Waals surface area contributed by atoms with Crippen LogP contribution in [0.2, 0.25) is 0 Å². The van der Waals surface area contributed by atoms with Gasteiger partial charge in [0.05, 0.1) is 0 Å². The van der Waals surface area contributed by atoms with Gasteiger partial charge in [0.1, 0.15) is 4.66 Å². The highest BCUT2D eigenvalue weighted by Gasteiger charge is 2.22.